The molecule has 0 saturated carbocycles. The molecule has 46 valence electrons. The van der Waals surface area contributed by atoms with Crippen LogP contribution in [-0.2, 0) is 29.1 Å². The molecule has 0 fully saturated rings. The topological polar surface area (TPSA) is 34.1 Å². The van der Waals surface area contributed by atoms with E-state index in [1.54, 1.807) is 6.92 Å². The van der Waals surface area contributed by atoms with Crippen LogP contribution in [0.5, 0.6) is 0 Å². The molecule has 0 heterocycles. The maximum Gasteiger partial charge on any atom is 2.00 e. The molecule has 2 nitrogen and oxygen atoms in total. The van der Waals surface area contributed by atoms with Crippen molar-refractivity contribution in [2.24, 2.45) is 0 Å². The summed E-state index contributed by atoms with van der Waals surface area (Å²) >= 11 is 0. The molecule has 0 bridgehead atoms. The largest absolute Gasteiger partial charge is 2.00 e. The summed E-state index contributed by atoms with van der Waals surface area (Å²) in [4.78, 5) is 20.2. The molecule has 0 N–H and O–H groups in total. The first-order valence-electron chi connectivity index (χ1n) is 2.22. The third-order valence-electron chi connectivity index (χ3n) is 0.714. The molecule has 0 saturated heterocycles. The minimum absolute atomic E-state index is 0. The standard InChI is InChI=1S/C5H8O2.Ru/c1-3-5(7)4(2)6;/h3H2,1-2H3;/q;+2. The van der Waals surface area contributed by atoms with Crippen molar-refractivity contribution in [3.8, 4) is 0 Å². The summed E-state index contributed by atoms with van der Waals surface area (Å²) < 4.78 is 0. The fourth-order valence-corrected chi connectivity index (χ4v) is 0.249. The van der Waals surface area contributed by atoms with E-state index in [9.17, 15) is 9.59 Å². The van der Waals surface area contributed by atoms with Crippen molar-refractivity contribution < 1.29 is 29.1 Å². The second-order valence-corrected chi connectivity index (χ2v) is 1.33. The Morgan fingerprint density at radius 1 is 1.38 bits per heavy atom. The number of Topliss-reactive ketones (excluding diaryl/α,β-unsaturated/α-hetero) is 2. The molecule has 0 aromatic carbocycles. The van der Waals surface area contributed by atoms with E-state index in [4.69, 9.17) is 0 Å². The van der Waals surface area contributed by atoms with Crippen molar-refractivity contribution in [2.45, 2.75) is 20.3 Å². The SMILES string of the molecule is CCC(=O)C(C)=O.[Ru+2]. The predicted molar refractivity (Wildman–Crippen MR) is 26.0 cm³/mol. The van der Waals surface area contributed by atoms with Crippen LogP contribution in [0.4, 0.5) is 0 Å². The van der Waals surface area contributed by atoms with Gasteiger partial charge in [0.15, 0.2) is 11.6 Å². The van der Waals surface area contributed by atoms with Crippen LogP contribution in [0.1, 0.15) is 20.3 Å². The number of carbonyl (C=O) groups excluding carboxylic acids is 2. The van der Waals surface area contributed by atoms with Gasteiger partial charge >= 0.3 is 19.5 Å². The second kappa shape index (κ2) is 5.11. The van der Waals surface area contributed by atoms with Crippen LogP contribution in [-0.4, -0.2) is 11.6 Å². The van der Waals surface area contributed by atoms with Crippen LogP contribution in [0.2, 0.25) is 0 Å². The molecule has 0 aliphatic rings. The molecule has 0 amide bonds. The molecule has 0 aliphatic carbocycles. The van der Waals surface area contributed by atoms with Crippen molar-refractivity contribution in [3.05, 3.63) is 0 Å². The van der Waals surface area contributed by atoms with Crippen LogP contribution in [0.25, 0.3) is 0 Å². The molecule has 0 atom stereocenters. The minimum Gasteiger partial charge on any atom is -0.291 e. The maximum atomic E-state index is 10.2. The first kappa shape index (κ1) is 10.9. The average Bonchev–Trinajstić information content (AvgIpc) is 1.65. The summed E-state index contributed by atoms with van der Waals surface area (Å²) in [6, 6.07) is 0. The van der Waals surface area contributed by atoms with Crippen LogP contribution in [0.15, 0.2) is 0 Å². The smallest absolute Gasteiger partial charge is 0.291 e. The third kappa shape index (κ3) is 4.13. The van der Waals surface area contributed by atoms with E-state index in [0.717, 1.165) is 0 Å². The van der Waals surface area contributed by atoms with Crippen molar-refractivity contribution in [1.82, 2.24) is 0 Å². The second-order valence-electron chi connectivity index (χ2n) is 1.33. The Hall–Kier alpha value is -0.0366. The number of rotatable bonds is 2. The zero-order valence-electron chi connectivity index (χ0n) is 4.88. The van der Waals surface area contributed by atoms with E-state index >= 15 is 0 Å². The van der Waals surface area contributed by atoms with Gasteiger partial charge < -0.3 is 0 Å². The van der Waals surface area contributed by atoms with Crippen molar-refractivity contribution in [2.75, 3.05) is 0 Å². The van der Waals surface area contributed by atoms with E-state index in [2.05, 4.69) is 0 Å². The Morgan fingerprint density at radius 2 is 1.75 bits per heavy atom. The molecule has 0 rings (SSSR count). The average molecular weight is 201 g/mol. The maximum absolute atomic E-state index is 10.2. The Bertz CT molecular complexity index is 98.6. The molecule has 0 aromatic heterocycles. The quantitative estimate of drug-likeness (QED) is 0.483. The summed E-state index contributed by atoms with van der Waals surface area (Å²) in [5.74, 6) is -0.637. The number of hydrogen-bond acceptors (Lipinski definition) is 2. The Kier molecular flexibility index (Phi) is 6.93. The summed E-state index contributed by atoms with van der Waals surface area (Å²) in [6.07, 6.45) is 0.329. The Labute approximate surface area is 61.4 Å². The number of hydrogen-bond donors (Lipinski definition) is 0. The zero-order chi connectivity index (χ0) is 5.86. The molecular formula is C5H8O2Ru+2. The minimum atomic E-state index is -0.345. The van der Waals surface area contributed by atoms with Crippen LogP contribution in [0.3, 0.4) is 0 Å². The molecular weight excluding hydrogens is 193 g/mol. The predicted octanol–water partition coefficient (Wildman–Crippen LogP) is 0.552. The molecule has 8 heavy (non-hydrogen) atoms. The summed E-state index contributed by atoms with van der Waals surface area (Å²) in [5.41, 5.74) is 0. The summed E-state index contributed by atoms with van der Waals surface area (Å²) in [7, 11) is 0. The molecule has 0 spiro atoms. The van der Waals surface area contributed by atoms with Gasteiger partial charge in [-0.05, 0) is 0 Å². The summed E-state index contributed by atoms with van der Waals surface area (Å²) in [6.45, 7) is 2.95. The molecule has 3 heteroatoms. The Balaban J connectivity index is 0. The van der Waals surface area contributed by atoms with E-state index in [0.29, 0.717) is 6.42 Å². The first-order valence-corrected chi connectivity index (χ1v) is 2.22. The van der Waals surface area contributed by atoms with E-state index in [-0.39, 0.29) is 31.0 Å². The van der Waals surface area contributed by atoms with Gasteiger partial charge in [-0.2, -0.15) is 0 Å². The third-order valence-corrected chi connectivity index (χ3v) is 0.714. The van der Waals surface area contributed by atoms with Crippen molar-refractivity contribution >= 4 is 11.6 Å². The van der Waals surface area contributed by atoms with Gasteiger partial charge in [0.25, 0.3) is 0 Å². The van der Waals surface area contributed by atoms with Gasteiger partial charge in [-0.3, -0.25) is 9.59 Å². The Morgan fingerprint density at radius 3 is 1.75 bits per heavy atom. The van der Waals surface area contributed by atoms with Crippen LogP contribution >= 0.6 is 0 Å². The fraction of sp³-hybridized carbons (Fsp3) is 0.600. The van der Waals surface area contributed by atoms with Gasteiger partial charge in [0, 0.05) is 13.3 Å². The van der Waals surface area contributed by atoms with Gasteiger partial charge in [0.2, 0.25) is 0 Å². The van der Waals surface area contributed by atoms with Crippen molar-refractivity contribution in [1.29, 1.82) is 0 Å². The monoisotopic (exact) mass is 202 g/mol. The van der Waals surface area contributed by atoms with E-state index in [1.165, 1.54) is 6.92 Å². The van der Waals surface area contributed by atoms with Gasteiger partial charge in [-0.1, -0.05) is 6.92 Å². The zero-order valence-corrected chi connectivity index (χ0v) is 6.62. The first-order chi connectivity index (χ1) is 3.18. The van der Waals surface area contributed by atoms with Gasteiger partial charge in [0.1, 0.15) is 0 Å². The number of ketones is 2. The molecule has 0 radical (unpaired) electrons. The summed E-state index contributed by atoms with van der Waals surface area (Å²) in [5, 5.41) is 0. The van der Waals surface area contributed by atoms with Crippen LogP contribution in [0, 0.1) is 0 Å². The van der Waals surface area contributed by atoms with Gasteiger partial charge in [-0.25, -0.2) is 0 Å². The van der Waals surface area contributed by atoms with Gasteiger partial charge in [0.05, 0.1) is 0 Å². The molecule has 0 aliphatic heterocycles. The van der Waals surface area contributed by atoms with Crippen LogP contribution < -0.4 is 0 Å². The molecule has 0 aromatic rings. The molecule has 0 unspecified atom stereocenters. The van der Waals surface area contributed by atoms with E-state index in [1.807, 2.05) is 0 Å². The van der Waals surface area contributed by atoms with Crippen molar-refractivity contribution in [3.63, 3.8) is 0 Å². The van der Waals surface area contributed by atoms with Gasteiger partial charge in [-0.15, -0.1) is 0 Å². The van der Waals surface area contributed by atoms with E-state index < -0.39 is 0 Å². The number of carbonyl (C=O) groups is 2. The fourth-order valence-electron chi connectivity index (χ4n) is 0.249. The normalized spacial score (nSPS) is 7.25.